The number of hydrogen-bond donors (Lipinski definition) is 0. The van der Waals surface area contributed by atoms with Crippen LogP contribution in [0.2, 0.25) is 0 Å². The summed E-state index contributed by atoms with van der Waals surface area (Å²) in [4.78, 5) is 0. The fourth-order valence-electron chi connectivity index (χ4n) is 3.10. The van der Waals surface area contributed by atoms with Crippen molar-refractivity contribution in [3.8, 4) is 0 Å². The molecule has 0 amide bonds. The van der Waals surface area contributed by atoms with Gasteiger partial charge in [0, 0.05) is 11.8 Å². The first-order chi connectivity index (χ1) is 15.9. The zero-order valence-corrected chi connectivity index (χ0v) is 23.5. The maximum atomic E-state index is 2.21. The Morgan fingerprint density at radius 1 is 0.353 bits per heavy atom. The van der Waals surface area contributed by atoms with E-state index in [-0.39, 0.29) is 34.1 Å². The molecule has 20 radical (unpaired) electrons. The molecule has 0 N–H and O–H groups in total. The van der Waals surface area contributed by atoms with Crippen LogP contribution < -0.4 is 0 Å². The van der Waals surface area contributed by atoms with Crippen molar-refractivity contribution in [3.63, 3.8) is 0 Å². The molecule has 6 aliphatic rings. The third-order valence-electron chi connectivity index (χ3n) is 4.48. The van der Waals surface area contributed by atoms with Crippen LogP contribution in [0, 0.1) is 127 Å². The van der Waals surface area contributed by atoms with Crippen molar-refractivity contribution >= 4 is 47.0 Å². The Kier molecular flexibility index (Phi) is 17.3. The van der Waals surface area contributed by atoms with Gasteiger partial charge in [0.15, 0.2) is 0 Å². The van der Waals surface area contributed by atoms with Gasteiger partial charge in [0.25, 0.3) is 0 Å². The summed E-state index contributed by atoms with van der Waals surface area (Å²) in [6.07, 6.45) is 37.3. The van der Waals surface area contributed by atoms with Crippen molar-refractivity contribution in [1.29, 1.82) is 0 Å². The summed E-state index contributed by atoms with van der Waals surface area (Å²) in [6.45, 7) is 0. The Balaban J connectivity index is 0.000000283. The molecule has 2 heterocycles. The smallest absolute Gasteiger partial charge is 0.0899 e. The summed E-state index contributed by atoms with van der Waals surface area (Å²) in [7, 11) is 0. The van der Waals surface area contributed by atoms with Crippen LogP contribution in [-0.4, -0.2) is 0 Å². The molecule has 6 rings (SSSR count). The second kappa shape index (κ2) is 18.6. The number of hydrogen-bond acceptors (Lipinski definition) is 4. The Morgan fingerprint density at radius 2 is 0.588 bits per heavy atom. The molecule has 2 aliphatic heterocycles. The number of rotatable bonds is 3. The molecule has 6 heteroatoms. The monoisotopic (exact) mass is 598 g/mol. The van der Waals surface area contributed by atoms with Crippen molar-refractivity contribution < 1.29 is 34.1 Å². The molecule has 0 unspecified atom stereocenters. The van der Waals surface area contributed by atoms with E-state index in [0.717, 1.165) is 0 Å². The van der Waals surface area contributed by atoms with Crippen molar-refractivity contribution in [2.75, 3.05) is 0 Å². The van der Waals surface area contributed by atoms with E-state index < -0.39 is 0 Å². The molecule has 4 saturated carbocycles. The molecule has 34 heavy (non-hydrogen) atoms. The van der Waals surface area contributed by atoms with Gasteiger partial charge in [-0.1, -0.05) is 47.0 Å². The molecule has 4 fully saturated rings. The topological polar surface area (TPSA) is 0 Å². The molecule has 170 valence electrons. The van der Waals surface area contributed by atoms with E-state index in [1.165, 1.54) is 31.5 Å². The van der Waals surface area contributed by atoms with E-state index in [1.807, 2.05) is 111 Å². The molecule has 0 saturated heterocycles. The maximum Gasteiger partial charge on any atom is 2.00 e. The SMILES string of the molecule is [CH]1[CH][CH][CH][CH]1.[CH]1[CH][CH][CH][CH]1.[CH]1[CH][CH][C](C(=C2SC=CS2)C([C]2[CH][CH][CH][CH]2)=C2SC=CS2)[CH]1.[Fe+2].[Fe+2]. The van der Waals surface area contributed by atoms with Crippen LogP contribution in [0.15, 0.2) is 41.3 Å². The average Bonchev–Trinajstić information content (AvgIpc) is 3.67. The molecule has 0 atom stereocenters. The van der Waals surface area contributed by atoms with E-state index in [2.05, 4.69) is 73.0 Å². The summed E-state index contributed by atoms with van der Waals surface area (Å²) in [5.74, 6) is 2.60. The molecule has 0 aromatic heterocycles. The van der Waals surface area contributed by atoms with Gasteiger partial charge in [-0.2, -0.15) is 0 Å². The van der Waals surface area contributed by atoms with Crippen LogP contribution in [-0.2, 0) is 34.1 Å². The van der Waals surface area contributed by atoms with Gasteiger partial charge in [-0.05, 0) is 148 Å². The fraction of sp³-hybridized carbons (Fsp3) is 0. The molecule has 0 aromatic rings. The van der Waals surface area contributed by atoms with Crippen molar-refractivity contribution in [2.24, 2.45) is 0 Å². The van der Waals surface area contributed by atoms with Crippen LogP contribution >= 0.6 is 47.0 Å². The van der Waals surface area contributed by atoms with Gasteiger partial charge in [0.2, 0.25) is 0 Å². The van der Waals surface area contributed by atoms with Gasteiger partial charge < -0.3 is 0 Å². The third-order valence-corrected chi connectivity index (χ3v) is 8.74. The van der Waals surface area contributed by atoms with Crippen molar-refractivity contribution in [1.82, 2.24) is 0 Å². The predicted molar refractivity (Wildman–Crippen MR) is 147 cm³/mol. The summed E-state index contributed by atoms with van der Waals surface area (Å²) in [5, 5.41) is 8.68. The van der Waals surface area contributed by atoms with E-state index in [9.17, 15) is 0 Å². The summed E-state index contributed by atoms with van der Waals surface area (Å²) >= 11 is 7.29. The number of allylic oxidation sites excluding steroid dienone is 2. The second-order valence-electron chi connectivity index (χ2n) is 6.61. The first-order valence-corrected chi connectivity index (χ1v) is 13.7. The third kappa shape index (κ3) is 9.94. The number of thioether (sulfide) groups is 4. The van der Waals surface area contributed by atoms with E-state index in [1.54, 1.807) is 0 Å². The van der Waals surface area contributed by atoms with E-state index >= 15 is 0 Å². The fourth-order valence-corrected chi connectivity index (χ4v) is 6.95. The van der Waals surface area contributed by atoms with Crippen molar-refractivity contribution in [3.05, 3.63) is 169 Å². The van der Waals surface area contributed by atoms with Crippen LogP contribution in [0.4, 0.5) is 0 Å². The Bertz CT molecular complexity index is 598. The Hall–Kier alpha value is 1.40. The molecular formula is C28H22Fe2S4+4. The summed E-state index contributed by atoms with van der Waals surface area (Å²) in [6, 6.07) is 0. The summed E-state index contributed by atoms with van der Waals surface area (Å²) < 4.78 is 2.73. The first-order valence-electron chi connectivity index (χ1n) is 10.2. The molecule has 0 nitrogen and oxygen atoms in total. The van der Waals surface area contributed by atoms with Gasteiger partial charge >= 0.3 is 34.1 Å². The van der Waals surface area contributed by atoms with Crippen molar-refractivity contribution in [2.45, 2.75) is 0 Å². The quantitative estimate of drug-likeness (QED) is 0.301. The largest absolute Gasteiger partial charge is 2.00 e. The van der Waals surface area contributed by atoms with Crippen LogP contribution in [0.25, 0.3) is 0 Å². The van der Waals surface area contributed by atoms with E-state index in [0.29, 0.717) is 0 Å². The standard InChI is InChI=1S/C18H12S4.2C5H5.2Fe/c1-2-6-13(5-1)15(17-19-9-10-20-17)16(14-7-3-4-8-14)18-21-11-12-22-18;2*1-2-4-5-3-1;;/h1-12H;2*1-5H;;/q;;;2*+2. The minimum Gasteiger partial charge on any atom is -0.0899 e. The molecule has 4 aliphatic carbocycles. The van der Waals surface area contributed by atoms with Gasteiger partial charge in [0.05, 0.1) is 8.47 Å². The first kappa shape index (κ1) is 31.6. The van der Waals surface area contributed by atoms with Gasteiger partial charge in [-0.3, -0.25) is 0 Å². The molecule has 0 bridgehead atoms. The maximum absolute atomic E-state index is 2.21. The average molecular weight is 598 g/mol. The van der Waals surface area contributed by atoms with Gasteiger partial charge in [0.1, 0.15) is 0 Å². The minimum absolute atomic E-state index is 0. The van der Waals surface area contributed by atoms with Crippen LogP contribution in [0.1, 0.15) is 0 Å². The second-order valence-corrected chi connectivity index (χ2v) is 10.8. The molecular weight excluding hydrogens is 576 g/mol. The van der Waals surface area contributed by atoms with Crippen LogP contribution in [0.5, 0.6) is 0 Å². The molecule has 0 aromatic carbocycles. The predicted octanol–water partition coefficient (Wildman–Crippen LogP) is 8.16. The normalized spacial score (nSPS) is 23.8. The van der Waals surface area contributed by atoms with Crippen LogP contribution in [0.3, 0.4) is 0 Å². The minimum atomic E-state index is 0. The van der Waals surface area contributed by atoms with Gasteiger partial charge in [-0.15, -0.1) is 0 Å². The van der Waals surface area contributed by atoms with E-state index in [4.69, 9.17) is 0 Å². The Morgan fingerprint density at radius 3 is 0.824 bits per heavy atom. The zero-order valence-electron chi connectivity index (χ0n) is 18.0. The summed E-state index contributed by atoms with van der Waals surface area (Å²) in [5.41, 5.74) is 2.71. The zero-order chi connectivity index (χ0) is 21.8. The Labute approximate surface area is 247 Å². The molecule has 0 spiro atoms. The van der Waals surface area contributed by atoms with Gasteiger partial charge in [-0.25, -0.2) is 0 Å².